The fraction of sp³-hybridized carbons (Fsp3) is 0.462. The highest BCUT2D eigenvalue weighted by Gasteiger charge is 2.10. The first-order valence-electron chi connectivity index (χ1n) is 5.48. The smallest absolute Gasteiger partial charge is 0.166 e. The lowest BCUT2D eigenvalue weighted by Crippen LogP contribution is -2.45. The standard InChI is InChI=1S/C13H20N2S/c1-10-5-7-11(8-6-10)9-14-12(16)15-13(2,3)4/h5-8H,9H2,1-4H3,(H2,14,15,16). The van der Waals surface area contributed by atoms with E-state index in [1.165, 1.54) is 11.1 Å². The molecule has 0 heterocycles. The molecule has 0 spiro atoms. The molecular weight excluding hydrogens is 216 g/mol. The maximum Gasteiger partial charge on any atom is 0.166 e. The molecule has 0 saturated carbocycles. The molecule has 0 amide bonds. The second-order valence-electron chi connectivity index (χ2n) is 5.04. The van der Waals surface area contributed by atoms with Gasteiger partial charge in [-0.2, -0.15) is 0 Å². The van der Waals surface area contributed by atoms with Crippen LogP contribution in [0.3, 0.4) is 0 Å². The topological polar surface area (TPSA) is 24.1 Å². The van der Waals surface area contributed by atoms with Gasteiger partial charge in [0.1, 0.15) is 0 Å². The molecule has 0 radical (unpaired) electrons. The summed E-state index contributed by atoms with van der Waals surface area (Å²) in [5.74, 6) is 0. The molecule has 0 fully saturated rings. The normalized spacial score (nSPS) is 11.0. The van der Waals surface area contributed by atoms with Crippen LogP contribution in [0.5, 0.6) is 0 Å². The van der Waals surface area contributed by atoms with E-state index >= 15 is 0 Å². The lowest BCUT2D eigenvalue weighted by molar-refractivity contribution is 0.506. The maximum absolute atomic E-state index is 5.20. The third-order valence-electron chi connectivity index (χ3n) is 2.06. The summed E-state index contributed by atoms with van der Waals surface area (Å²) < 4.78 is 0. The van der Waals surface area contributed by atoms with Gasteiger partial charge < -0.3 is 10.6 Å². The van der Waals surface area contributed by atoms with Gasteiger partial charge in [0.05, 0.1) is 0 Å². The van der Waals surface area contributed by atoms with Crippen molar-refractivity contribution in [2.45, 2.75) is 39.8 Å². The molecule has 0 saturated heterocycles. The third kappa shape index (κ3) is 5.12. The zero-order chi connectivity index (χ0) is 12.2. The van der Waals surface area contributed by atoms with Crippen molar-refractivity contribution >= 4 is 17.3 Å². The zero-order valence-corrected chi connectivity index (χ0v) is 11.2. The Balaban J connectivity index is 2.40. The molecule has 0 unspecified atom stereocenters. The van der Waals surface area contributed by atoms with Crippen LogP contribution in [0, 0.1) is 6.92 Å². The van der Waals surface area contributed by atoms with E-state index in [0.717, 1.165) is 6.54 Å². The van der Waals surface area contributed by atoms with Gasteiger partial charge in [0, 0.05) is 12.1 Å². The summed E-state index contributed by atoms with van der Waals surface area (Å²) in [6, 6.07) is 8.44. The van der Waals surface area contributed by atoms with Crippen molar-refractivity contribution in [2.24, 2.45) is 0 Å². The highest BCUT2D eigenvalue weighted by atomic mass is 32.1. The molecule has 0 aliphatic carbocycles. The Kier molecular flexibility index (Phi) is 4.30. The van der Waals surface area contributed by atoms with Crippen LogP contribution in [0.15, 0.2) is 24.3 Å². The van der Waals surface area contributed by atoms with Gasteiger partial charge in [0.2, 0.25) is 0 Å². The van der Waals surface area contributed by atoms with Crippen LogP contribution in [0.2, 0.25) is 0 Å². The lowest BCUT2D eigenvalue weighted by Gasteiger charge is -2.23. The minimum Gasteiger partial charge on any atom is -0.359 e. The fourth-order valence-electron chi connectivity index (χ4n) is 1.27. The van der Waals surface area contributed by atoms with Gasteiger partial charge in [-0.25, -0.2) is 0 Å². The maximum atomic E-state index is 5.20. The fourth-order valence-corrected chi connectivity index (χ4v) is 1.65. The minimum atomic E-state index is 0.0113. The molecule has 1 aromatic rings. The molecule has 0 atom stereocenters. The van der Waals surface area contributed by atoms with E-state index in [2.05, 4.69) is 62.6 Å². The molecule has 2 N–H and O–H groups in total. The summed E-state index contributed by atoms with van der Waals surface area (Å²) >= 11 is 5.20. The van der Waals surface area contributed by atoms with Crippen molar-refractivity contribution in [3.05, 3.63) is 35.4 Å². The van der Waals surface area contributed by atoms with E-state index in [1.807, 2.05) is 0 Å². The average Bonchev–Trinajstić information content (AvgIpc) is 2.14. The highest BCUT2D eigenvalue weighted by molar-refractivity contribution is 7.80. The molecule has 88 valence electrons. The average molecular weight is 236 g/mol. The van der Waals surface area contributed by atoms with Gasteiger partial charge in [-0.3, -0.25) is 0 Å². The molecular formula is C13H20N2S. The molecule has 1 aromatic carbocycles. The van der Waals surface area contributed by atoms with Gasteiger partial charge >= 0.3 is 0 Å². The predicted octanol–water partition coefficient (Wildman–Crippen LogP) is 2.76. The highest BCUT2D eigenvalue weighted by Crippen LogP contribution is 2.03. The number of hydrogen-bond donors (Lipinski definition) is 2. The summed E-state index contributed by atoms with van der Waals surface area (Å²) in [5.41, 5.74) is 2.53. The predicted molar refractivity (Wildman–Crippen MR) is 73.5 cm³/mol. The lowest BCUT2D eigenvalue weighted by atomic mass is 10.1. The number of thiocarbonyl (C=S) groups is 1. The first-order valence-corrected chi connectivity index (χ1v) is 5.89. The summed E-state index contributed by atoms with van der Waals surface area (Å²) in [6.45, 7) is 9.12. The molecule has 0 aromatic heterocycles. The number of benzene rings is 1. The van der Waals surface area contributed by atoms with E-state index in [0.29, 0.717) is 5.11 Å². The van der Waals surface area contributed by atoms with Crippen molar-refractivity contribution in [3.8, 4) is 0 Å². The summed E-state index contributed by atoms with van der Waals surface area (Å²) in [4.78, 5) is 0. The zero-order valence-electron chi connectivity index (χ0n) is 10.4. The molecule has 0 bridgehead atoms. The SMILES string of the molecule is Cc1ccc(CNC(=S)NC(C)(C)C)cc1. The Morgan fingerprint density at radius 3 is 2.25 bits per heavy atom. The minimum absolute atomic E-state index is 0.0113. The number of hydrogen-bond acceptors (Lipinski definition) is 1. The third-order valence-corrected chi connectivity index (χ3v) is 2.31. The largest absolute Gasteiger partial charge is 0.359 e. The second kappa shape index (κ2) is 5.30. The van der Waals surface area contributed by atoms with Crippen molar-refractivity contribution < 1.29 is 0 Å². The van der Waals surface area contributed by atoms with Crippen molar-refractivity contribution in [3.63, 3.8) is 0 Å². The van der Waals surface area contributed by atoms with Gasteiger partial charge in [0.15, 0.2) is 5.11 Å². The quantitative estimate of drug-likeness (QED) is 0.772. The van der Waals surface area contributed by atoms with Crippen molar-refractivity contribution in [1.29, 1.82) is 0 Å². The van der Waals surface area contributed by atoms with E-state index < -0.39 is 0 Å². The van der Waals surface area contributed by atoms with E-state index in [4.69, 9.17) is 12.2 Å². The van der Waals surface area contributed by atoms with Gasteiger partial charge in [-0.05, 0) is 45.5 Å². The van der Waals surface area contributed by atoms with Gasteiger partial charge in [-0.1, -0.05) is 29.8 Å². The first kappa shape index (κ1) is 13.0. The Morgan fingerprint density at radius 2 is 1.75 bits per heavy atom. The Hall–Kier alpha value is -1.09. The monoisotopic (exact) mass is 236 g/mol. The van der Waals surface area contributed by atoms with Crippen LogP contribution in [-0.4, -0.2) is 10.7 Å². The van der Waals surface area contributed by atoms with Crippen molar-refractivity contribution in [2.75, 3.05) is 0 Å². The van der Waals surface area contributed by atoms with Crippen LogP contribution in [-0.2, 0) is 6.54 Å². The molecule has 3 heteroatoms. The Morgan fingerprint density at radius 1 is 1.19 bits per heavy atom. The molecule has 16 heavy (non-hydrogen) atoms. The Labute approximate surface area is 103 Å². The summed E-state index contributed by atoms with van der Waals surface area (Å²) in [6.07, 6.45) is 0. The van der Waals surface area contributed by atoms with Crippen LogP contribution in [0.4, 0.5) is 0 Å². The van der Waals surface area contributed by atoms with Crippen LogP contribution < -0.4 is 10.6 Å². The van der Waals surface area contributed by atoms with E-state index in [9.17, 15) is 0 Å². The van der Waals surface area contributed by atoms with Crippen LogP contribution >= 0.6 is 12.2 Å². The van der Waals surface area contributed by atoms with Crippen molar-refractivity contribution in [1.82, 2.24) is 10.6 Å². The van der Waals surface area contributed by atoms with Crippen LogP contribution in [0.25, 0.3) is 0 Å². The first-order chi connectivity index (χ1) is 7.37. The number of aryl methyl sites for hydroxylation is 1. The second-order valence-corrected chi connectivity index (χ2v) is 5.45. The van der Waals surface area contributed by atoms with E-state index in [1.54, 1.807) is 0 Å². The number of nitrogens with one attached hydrogen (secondary N) is 2. The number of rotatable bonds is 2. The molecule has 2 nitrogen and oxygen atoms in total. The molecule has 0 aliphatic heterocycles. The van der Waals surface area contributed by atoms with Crippen LogP contribution in [0.1, 0.15) is 31.9 Å². The van der Waals surface area contributed by atoms with Gasteiger partial charge in [-0.15, -0.1) is 0 Å². The van der Waals surface area contributed by atoms with Gasteiger partial charge in [0.25, 0.3) is 0 Å². The summed E-state index contributed by atoms with van der Waals surface area (Å²) in [7, 11) is 0. The van der Waals surface area contributed by atoms with E-state index in [-0.39, 0.29) is 5.54 Å². The summed E-state index contributed by atoms with van der Waals surface area (Å²) in [5, 5.41) is 7.12. The Bertz CT molecular complexity index is 349. The molecule has 1 rings (SSSR count). The molecule has 0 aliphatic rings.